The van der Waals surface area contributed by atoms with E-state index in [2.05, 4.69) is 35.1 Å². The van der Waals surface area contributed by atoms with Crippen molar-refractivity contribution in [2.24, 2.45) is 11.7 Å². The summed E-state index contributed by atoms with van der Waals surface area (Å²) in [4.78, 5) is 0. The molecule has 2 aromatic rings. The average molecular weight is 297 g/mol. The van der Waals surface area contributed by atoms with Gasteiger partial charge in [-0.3, -0.25) is 0 Å². The number of nitrogens with two attached hydrogens (primary N) is 1. The molecule has 1 aliphatic heterocycles. The fourth-order valence-electron chi connectivity index (χ4n) is 4.39. The van der Waals surface area contributed by atoms with E-state index in [4.69, 9.17) is 5.73 Å². The lowest BCUT2D eigenvalue weighted by Gasteiger charge is -2.18. The van der Waals surface area contributed by atoms with Gasteiger partial charge in [-0.05, 0) is 60.9 Å². The Morgan fingerprint density at radius 3 is 2.68 bits per heavy atom. The molecule has 1 aliphatic carbocycles. The highest BCUT2D eigenvalue weighted by atomic mass is 15.0. The molecule has 0 bridgehead atoms. The van der Waals surface area contributed by atoms with Crippen molar-refractivity contribution in [3.8, 4) is 0 Å². The summed E-state index contributed by atoms with van der Waals surface area (Å²) in [5, 5.41) is 4.89. The van der Waals surface area contributed by atoms with Gasteiger partial charge in [0.1, 0.15) is 0 Å². The van der Waals surface area contributed by atoms with Crippen LogP contribution in [0, 0.1) is 5.92 Å². The molecule has 0 saturated heterocycles. The van der Waals surface area contributed by atoms with Gasteiger partial charge in [-0.15, -0.1) is 0 Å². The molecule has 2 heterocycles. The Bertz CT molecular complexity index is 680. The Kier molecular flexibility index (Phi) is 3.71. The first kappa shape index (κ1) is 14.3. The van der Waals surface area contributed by atoms with E-state index in [-0.39, 0.29) is 0 Å². The predicted molar refractivity (Wildman–Crippen MR) is 91.8 cm³/mol. The van der Waals surface area contributed by atoms with Crippen LogP contribution in [0.25, 0.3) is 10.9 Å². The average Bonchev–Trinajstić information content (AvgIpc) is 3.25. The molecule has 4 rings (SSSR count). The van der Waals surface area contributed by atoms with Crippen molar-refractivity contribution in [1.82, 2.24) is 9.88 Å². The lowest BCUT2D eigenvalue weighted by Crippen LogP contribution is -2.30. The summed E-state index contributed by atoms with van der Waals surface area (Å²) in [5.41, 5.74) is 12.3. The molecule has 3 N–H and O–H groups in total. The van der Waals surface area contributed by atoms with Crippen molar-refractivity contribution in [3.63, 3.8) is 0 Å². The standard InChI is InChI=1S/C19H27N3/c1-2-22-12-16(8-18(20)13-5-3-4-6-13)17-7-14-10-21-11-15(14)9-19(17)22/h7,9,12-13,18,21H,2-6,8,10-11,20H2,1H3. The molecule has 3 nitrogen and oxygen atoms in total. The van der Waals surface area contributed by atoms with Crippen molar-refractivity contribution < 1.29 is 0 Å². The van der Waals surface area contributed by atoms with Crippen molar-refractivity contribution in [3.05, 3.63) is 35.0 Å². The zero-order valence-electron chi connectivity index (χ0n) is 13.6. The molecule has 1 unspecified atom stereocenters. The number of rotatable bonds is 4. The van der Waals surface area contributed by atoms with Crippen LogP contribution in [0.5, 0.6) is 0 Å². The fourth-order valence-corrected chi connectivity index (χ4v) is 4.39. The molecule has 1 fully saturated rings. The topological polar surface area (TPSA) is 43.0 Å². The molecule has 1 saturated carbocycles. The Labute approximate surface area is 132 Å². The number of nitrogens with one attached hydrogen (secondary N) is 1. The van der Waals surface area contributed by atoms with Crippen molar-refractivity contribution >= 4 is 10.9 Å². The summed E-state index contributed by atoms with van der Waals surface area (Å²) in [7, 11) is 0. The van der Waals surface area contributed by atoms with E-state index in [0.29, 0.717) is 6.04 Å². The molecule has 118 valence electrons. The molecule has 0 spiro atoms. The number of fused-ring (bicyclic) bond motifs is 2. The quantitative estimate of drug-likeness (QED) is 0.909. The maximum Gasteiger partial charge on any atom is 0.0486 e. The van der Waals surface area contributed by atoms with E-state index in [1.54, 1.807) is 0 Å². The minimum absolute atomic E-state index is 0.324. The summed E-state index contributed by atoms with van der Waals surface area (Å²) in [6.45, 7) is 5.28. The van der Waals surface area contributed by atoms with Gasteiger partial charge in [0.2, 0.25) is 0 Å². The Hall–Kier alpha value is -1.32. The van der Waals surface area contributed by atoms with Crippen molar-refractivity contribution in [1.29, 1.82) is 0 Å². The van der Waals surface area contributed by atoms with Crippen molar-refractivity contribution in [2.45, 2.75) is 64.7 Å². The molecule has 22 heavy (non-hydrogen) atoms. The highest BCUT2D eigenvalue weighted by molar-refractivity contribution is 5.86. The van der Waals surface area contributed by atoms with Gasteiger partial charge in [-0.2, -0.15) is 0 Å². The second-order valence-corrected chi connectivity index (χ2v) is 7.09. The van der Waals surface area contributed by atoms with E-state index >= 15 is 0 Å². The van der Waals surface area contributed by atoms with Crippen LogP contribution in [-0.2, 0) is 26.1 Å². The Morgan fingerprint density at radius 1 is 1.23 bits per heavy atom. The third-order valence-electron chi connectivity index (χ3n) is 5.72. The molecular weight excluding hydrogens is 270 g/mol. The first-order valence-corrected chi connectivity index (χ1v) is 8.86. The van der Waals surface area contributed by atoms with Crippen LogP contribution in [0.2, 0.25) is 0 Å². The molecule has 0 radical (unpaired) electrons. The molecular formula is C19H27N3. The van der Waals surface area contributed by atoms with Crippen LogP contribution in [0.3, 0.4) is 0 Å². The predicted octanol–water partition coefficient (Wildman–Crippen LogP) is 3.32. The van der Waals surface area contributed by atoms with Gasteiger partial charge < -0.3 is 15.6 Å². The zero-order valence-corrected chi connectivity index (χ0v) is 13.6. The van der Waals surface area contributed by atoms with E-state index in [1.807, 2.05) is 0 Å². The number of benzene rings is 1. The van der Waals surface area contributed by atoms with Crippen molar-refractivity contribution in [2.75, 3.05) is 0 Å². The molecule has 1 aromatic heterocycles. The normalized spacial score (nSPS) is 19.9. The number of aromatic nitrogens is 1. The van der Waals surface area contributed by atoms with Gasteiger partial charge in [0.05, 0.1) is 0 Å². The van der Waals surface area contributed by atoms with Crippen LogP contribution in [0.4, 0.5) is 0 Å². The molecule has 3 heteroatoms. The minimum atomic E-state index is 0.324. The fraction of sp³-hybridized carbons (Fsp3) is 0.579. The third-order valence-corrected chi connectivity index (χ3v) is 5.72. The van der Waals surface area contributed by atoms with Crippen LogP contribution < -0.4 is 11.1 Å². The Balaban J connectivity index is 1.70. The number of hydrogen-bond acceptors (Lipinski definition) is 2. The van der Waals surface area contributed by atoms with Gasteiger partial charge in [0.15, 0.2) is 0 Å². The third kappa shape index (κ3) is 2.37. The maximum absolute atomic E-state index is 6.54. The second-order valence-electron chi connectivity index (χ2n) is 7.09. The van der Waals surface area contributed by atoms with Crippen LogP contribution in [-0.4, -0.2) is 10.6 Å². The number of nitrogens with zero attached hydrogens (tertiary/aromatic N) is 1. The summed E-state index contributed by atoms with van der Waals surface area (Å²) in [5.74, 6) is 0.733. The molecule has 0 amide bonds. The summed E-state index contributed by atoms with van der Waals surface area (Å²) >= 11 is 0. The maximum atomic E-state index is 6.54. The van der Waals surface area contributed by atoms with Gasteiger partial charge in [0, 0.05) is 42.8 Å². The van der Waals surface area contributed by atoms with Gasteiger partial charge in [0.25, 0.3) is 0 Å². The highest BCUT2D eigenvalue weighted by Crippen LogP contribution is 2.32. The van der Waals surface area contributed by atoms with Gasteiger partial charge >= 0.3 is 0 Å². The summed E-state index contributed by atoms with van der Waals surface area (Å²) < 4.78 is 2.39. The van der Waals surface area contributed by atoms with Gasteiger partial charge in [-0.1, -0.05) is 12.8 Å². The van der Waals surface area contributed by atoms with Crippen LogP contribution >= 0.6 is 0 Å². The first-order valence-electron chi connectivity index (χ1n) is 8.86. The first-order chi connectivity index (χ1) is 10.8. The highest BCUT2D eigenvalue weighted by Gasteiger charge is 2.24. The summed E-state index contributed by atoms with van der Waals surface area (Å²) in [6.07, 6.45) is 8.77. The van der Waals surface area contributed by atoms with E-state index in [0.717, 1.165) is 32.0 Å². The monoisotopic (exact) mass is 297 g/mol. The zero-order chi connectivity index (χ0) is 15.1. The molecule has 1 atom stereocenters. The van der Waals surface area contributed by atoms with Crippen LogP contribution in [0.1, 0.15) is 49.3 Å². The van der Waals surface area contributed by atoms with E-state index in [9.17, 15) is 0 Å². The minimum Gasteiger partial charge on any atom is -0.347 e. The Morgan fingerprint density at radius 2 is 1.95 bits per heavy atom. The lowest BCUT2D eigenvalue weighted by atomic mass is 9.92. The largest absolute Gasteiger partial charge is 0.347 e. The van der Waals surface area contributed by atoms with Crippen LogP contribution in [0.15, 0.2) is 18.3 Å². The van der Waals surface area contributed by atoms with E-state index < -0.39 is 0 Å². The lowest BCUT2D eigenvalue weighted by molar-refractivity contribution is 0.429. The molecule has 1 aromatic carbocycles. The smallest absolute Gasteiger partial charge is 0.0486 e. The van der Waals surface area contributed by atoms with Gasteiger partial charge in [-0.25, -0.2) is 0 Å². The number of aryl methyl sites for hydroxylation is 1. The second kappa shape index (κ2) is 5.71. The summed E-state index contributed by atoms with van der Waals surface area (Å²) in [6, 6.07) is 5.12. The number of hydrogen-bond donors (Lipinski definition) is 2. The van der Waals surface area contributed by atoms with E-state index in [1.165, 1.54) is 53.3 Å². The SMILES string of the molecule is CCn1cc(CC(N)C2CCCC2)c2cc3c(cc21)CNC3. The molecule has 2 aliphatic rings.